The van der Waals surface area contributed by atoms with Crippen molar-refractivity contribution >= 4 is 17.9 Å². The molecule has 5 heteroatoms. The molecule has 1 atom stereocenters. The predicted octanol–water partition coefficient (Wildman–Crippen LogP) is 2.25. The standard InChI is InChI=1S/C20H26N2O3/c1-16-7-9-17(10-8-16)4-2-6-19(23)22-11-3-5-18(22)20(24)21-12-14-25-15-13-21/h2,4,7-10,18H,3,5-6,11-15H2,1H3. The van der Waals surface area contributed by atoms with Gasteiger partial charge in [-0.1, -0.05) is 42.0 Å². The van der Waals surface area contributed by atoms with Crippen LogP contribution in [-0.2, 0) is 14.3 Å². The van der Waals surface area contributed by atoms with E-state index in [-0.39, 0.29) is 17.9 Å². The molecule has 0 radical (unpaired) electrons. The van der Waals surface area contributed by atoms with Crippen molar-refractivity contribution in [1.29, 1.82) is 0 Å². The zero-order valence-electron chi connectivity index (χ0n) is 14.8. The lowest BCUT2D eigenvalue weighted by Gasteiger charge is -2.32. The molecule has 0 aliphatic carbocycles. The van der Waals surface area contributed by atoms with Crippen LogP contribution in [0.2, 0.25) is 0 Å². The van der Waals surface area contributed by atoms with E-state index in [0.29, 0.717) is 39.3 Å². The third kappa shape index (κ3) is 4.48. The van der Waals surface area contributed by atoms with Gasteiger partial charge >= 0.3 is 0 Å². The Bertz CT molecular complexity index is 633. The van der Waals surface area contributed by atoms with Gasteiger partial charge in [0.2, 0.25) is 11.8 Å². The smallest absolute Gasteiger partial charge is 0.245 e. The Morgan fingerprint density at radius 3 is 2.60 bits per heavy atom. The predicted molar refractivity (Wildman–Crippen MR) is 97.0 cm³/mol. The van der Waals surface area contributed by atoms with Crippen LogP contribution in [-0.4, -0.2) is 60.5 Å². The molecule has 0 N–H and O–H groups in total. The third-order valence-electron chi connectivity index (χ3n) is 4.86. The van der Waals surface area contributed by atoms with Crippen molar-refractivity contribution in [2.24, 2.45) is 0 Å². The number of hydrogen-bond donors (Lipinski definition) is 0. The summed E-state index contributed by atoms with van der Waals surface area (Å²) in [5.74, 6) is 0.115. The maximum absolute atomic E-state index is 12.7. The second-order valence-electron chi connectivity index (χ2n) is 6.70. The molecule has 1 unspecified atom stereocenters. The van der Waals surface area contributed by atoms with Crippen LogP contribution in [0.4, 0.5) is 0 Å². The molecule has 2 heterocycles. The summed E-state index contributed by atoms with van der Waals surface area (Å²) in [4.78, 5) is 28.9. The van der Waals surface area contributed by atoms with Gasteiger partial charge in [0.1, 0.15) is 6.04 Å². The highest BCUT2D eigenvalue weighted by molar-refractivity contribution is 5.89. The van der Waals surface area contributed by atoms with Crippen molar-refractivity contribution in [3.05, 3.63) is 41.5 Å². The van der Waals surface area contributed by atoms with Gasteiger partial charge in [0.05, 0.1) is 13.2 Å². The van der Waals surface area contributed by atoms with Crippen LogP contribution in [0.3, 0.4) is 0 Å². The van der Waals surface area contributed by atoms with E-state index < -0.39 is 0 Å². The van der Waals surface area contributed by atoms with E-state index in [0.717, 1.165) is 18.4 Å². The van der Waals surface area contributed by atoms with Crippen LogP contribution in [0.1, 0.15) is 30.4 Å². The number of benzene rings is 1. The number of rotatable bonds is 4. The minimum Gasteiger partial charge on any atom is -0.378 e. The molecule has 1 aromatic carbocycles. The fraction of sp³-hybridized carbons (Fsp3) is 0.500. The van der Waals surface area contributed by atoms with E-state index in [2.05, 4.69) is 19.1 Å². The molecule has 134 valence electrons. The van der Waals surface area contributed by atoms with Gasteiger partial charge in [0.25, 0.3) is 0 Å². The van der Waals surface area contributed by atoms with Crippen molar-refractivity contribution in [2.45, 2.75) is 32.2 Å². The molecule has 0 saturated carbocycles. The molecule has 1 aromatic rings. The van der Waals surface area contributed by atoms with Crippen molar-refractivity contribution in [3.8, 4) is 0 Å². The van der Waals surface area contributed by atoms with Gasteiger partial charge in [-0.05, 0) is 25.3 Å². The molecule has 0 aromatic heterocycles. The lowest BCUT2D eigenvalue weighted by molar-refractivity contribution is -0.146. The lowest BCUT2D eigenvalue weighted by Crippen LogP contribution is -2.50. The van der Waals surface area contributed by atoms with Crippen LogP contribution in [0.25, 0.3) is 6.08 Å². The molecule has 2 amide bonds. The van der Waals surface area contributed by atoms with Gasteiger partial charge in [-0.3, -0.25) is 9.59 Å². The summed E-state index contributed by atoms with van der Waals surface area (Å²) in [7, 11) is 0. The van der Waals surface area contributed by atoms with E-state index in [1.54, 1.807) is 4.90 Å². The third-order valence-corrected chi connectivity index (χ3v) is 4.86. The highest BCUT2D eigenvalue weighted by atomic mass is 16.5. The molecule has 2 aliphatic rings. The summed E-state index contributed by atoms with van der Waals surface area (Å²) in [6.45, 7) is 5.17. The van der Waals surface area contributed by atoms with E-state index in [4.69, 9.17) is 4.74 Å². The van der Waals surface area contributed by atoms with Crippen molar-refractivity contribution in [3.63, 3.8) is 0 Å². The average Bonchev–Trinajstić information content (AvgIpc) is 3.13. The van der Waals surface area contributed by atoms with E-state index >= 15 is 0 Å². The molecule has 2 saturated heterocycles. The number of nitrogens with zero attached hydrogens (tertiary/aromatic N) is 2. The van der Waals surface area contributed by atoms with Crippen LogP contribution in [0.5, 0.6) is 0 Å². The molecular weight excluding hydrogens is 316 g/mol. The first-order chi connectivity index (χ1) is 12.1. The quantitative estimate of drug-likeness (QED) is 0.843. The second kappa shape index (κ2) is 8.30. The molecule has 2 aliphatic heterocycles. The van der Waals surface area contributed by atoms with Crippen molar-refractivity contribution in [2.75, 3.05) is 32.8 Å². The maximum Gasteiger partial charge on any atom is 0.245 e. The minimum absolute atomic E-state index is 0.0347. The van der Waals surface area contributed by atoms with Gasteiger partial charge in [0, 0.05) is 26.1 Å². The highest BCUT2D eigenvalue weighted by Gasteiger charge is 2.36. The number of morpholine rings is 1. The summed E-state index contributed by atoms with van der Waals surface area (Å²) in [5, 5.41) is 0. The topological polar surface area (TPSA) is 49.9 Å². The molecule has 0 spiro atoms. The number of carbonyl (C=O) groups excluding carboxylic acids is 2. The Morgan fingerprint density at radius 2 is 1.88 bits per heavy atom. The molecule has 0 bridgehead atoms. The number of aryl methyl sites for hydroxylation is 1. The van der Waals surface area contributed by atoms with Crippen LogP contribution >= 0.6 is 0 Å². The second-order valence-corrected chi connectivity index (χ2v) is 6.70. The fourth-order valence-electron chi connectivity index (χ4n) is 3.41. The Labute approximate surface area is 149 Å². The van der Waals surface area contributed by atoms with E-state index in [1.807, 2.05) is 29.2 Å². The Hall–Kier alpha value is -2.14. The zero-order valence-corrected chi connectivity index (χ0v) is 14.8. The first-order valence-corrected chi connectivity index (χ1v) is 9.04. The fourth-order valence-corrected chi connectivity index (χ4v) is 3.41. The molecule has 25 heavy (non-hydrogen) atoms. The summed E-state index contributed by atoms with van der Waals surface area (Å²) < 4.78 is 5.31. The van der Waals surface area contributed by atoms with E-state index in [9.17, 15) is 9.59 Å². The SMILES string of the molecule is Cc1ccc(C=CCC(=O)N2CCCC2C(=O)N2CCOCC2)cc1. The molecular formula is C20H26N2O3. The normalized spacial score (nSPS) is 21.1. The van der Waals surface area contributed by atoms with Gasteiger partial charge in [0.15, 0.2) is 0 Å². The average molecular weight is 342 g/mol. The molecule has 2 fully saturated rings. The van der Waals surface area contributed by atoms with E-state index in [1.165, 1.54) is 5.56 Å². The number of ether oxygens (including phenoxy) is 1. The largest absolute Gasteiger partial charge is 0.378 e. The molecule has 3 rings (SSSR count). The summed E-state index contributed by atoms with van der Waals surface area (Å²) >= 11 is 0. The minimum atomic E-state index is -0.293. The Kier molecular flexibility index (Phi) is 5.87. The summed E-state index contributed by atoms with van der Waals surface area (Å²) in [5.41, 5.74) is 2.30. The van der Waals surface area contributed by atoms with Gasteiger partial charge in [-0.25, -0.2) is 0 Å². The van der Waals surface area contributed by atoms with Crippen molar-refractivity contribution in [1.82, 2.24) is 9.80 Å². The van der Waals surface area contributed by atoms with Crippen LogP contribution < -0.4 is 0 Å². The van der Waals surface area contributed by atoms with Crippen molar-refractivity contribution < 1.29 is 14.3 Å². The number of carbonyl (C=O) groups is 2. The van der Waals surface area contributed by atoms with Gasteiger partial charge in [-0.2, -0.15) is 0 Å². The molecule has 5 nitrogen and oxygen atoms in total. The Morgan fingerprint density at radius 1 is 1.16 bits per heavy atom. The number of likely N-dealkylation sites (tertiary alicyclic amines) is 1. The first kappa shape index (κ1) is 17.7. The lowest BCUT2D eigenvalue weighted by atomic mass is 10.1. The maximum atomic E-state index is 12.7. The zero-order chi connectivity index (χ0) is 17.6. The summed E-state index contributed by atoms with van der Waals surface area (Å²) in [6.07, 6.45) is 5.85. The van der Waals surface area contributed by atoms with Gasteiger partial charge in [-0.15, -0.1) is 0 Å². The first-order valence-electron chi connectivity index (χ1n) is 9.04. The van der Waals surface area contributed by atoms with Crippen LogP contribution in [0.15, 0.2) is 30.3 Å². The Balaban J connectivity index is 1.56. The van der Waals surface area contributed by atoms with Crippen LogP contribution in [0, 0.1) is 6.92 Å². The number of amides is 2. The monoisotopic (exact) mass is 342 g/mol. The summed E-state index contributed by atoms with van der Waals surface area (Å²) in [6, 6.07) is 7.89. The highest BCUT2D eigenvalue weighted by Crippen LogP contribution is 2.21. The number of hydrogen-bond acceptors (Lipinski definition) is 3. The van der Waals surface area contributed by atoms with Gasteiger partial charge < -0.3 is 14.5 Å².